The normalized spacial score (nSPS) is 10.8. The van der Waals surface area contributed by atoms with Crippen LogP contribution in [0.15, 0.2) is 51.5 Å². The second-order valence-electron chi connectivity index (χ2n) is 4.81. The summed E-state index contributed by atoms with van der Waals surface area (Å²) in [7, 11) is 0. The number of benzene rings is 2. The highest BCUT2D eigenvalue weighted by molar-refractivity contribution is 9.10. The van der Waals surface area contributed by atoms with E-state index in [1.807, 2.05) is 36.4 Å². The number of halogens is 1. The molecule has 3 aromatic rings. The number of hydrogen-bond donors (Lipinski definition) is 0. The van der Waals surface area contributed by atoms with Crippen molar-refractivity contribution < 1.29 is 4.52 Å². The first-order valence-electron chi connectivity index (χ1n) is 6.30. The quantitative estimate of drug-likeness (QED) is 0.679. The Labute approximate surface area is 125 Å². The van der Waals surface area contributed by atoms with E-state index in [-0.39, 0.29) is 0 Å². The molecule has 1 aromatic heterocycles. The highest BCUT2D eigenvalue weighted by Gasteiger charge is 2.11. The van der Waals surface area contributed by atoms with Crippen molar-refractivity contribution in [2.24, 2.45) is 0 Å². The minimum Gasteiger partial charge on any atom is -0.334 e. The molecule has 0 aliphatic rings. The lowest BCUT2D eigenvalue weighted by atomic mass is 10.1. The topological polar surface area (TPSA) is 38.9 Å². The van der Waals surface area contributed by atoms with E-state index in [0.717, 1.165) is 15.6 Å². The molecule has 0 unspecified atom stereocenters. The Morgan fingerprint density at radius 3 is 2.40 bits per heavy atom. The highest BCUT2D eigenvalue weighted by Crippen LogP contribution is 2.25. The molecular formula is C16H13BrN2O. The first-order chi connectivity index (χ1) is 9.61. The summed E-state index contributed by atoms with van der Waals surface area (Å²) in [4.78, 5) is 4.48. The summed E-state index contributed by atoms with van der Waals surface area (Å²) in [5, 5.41) is 4.06. The summed E-state index contributed by atoms with van der Waals surface area (Å²) in [6.07, 6.45) is 0. The van der Waals surface area contributed by atoms with E-state index in [4.69, 9.17) is 4.52 Å². The Bertz CT molecular complexity index is 744. The van der Waals surface area contributed by atoms with Crippen molar-refractivity contribution in [2.45, 2.75) is 13.8 Å². The molecule has 2 aromatic carbocycles. The Kier molecular flexibility index (Phi) is 3.40. The van der Waals surface area contributed by atoms with E-state index in [1.54, 1.807) is 0 Å². The molecule has 0 radical (unpaired) electrons. The molecule has 0 spiro atoms. The molecule has 0 N–H and O–H groups in total. The number of aryl methyl sites for hydroxylation is 2. The lowest BCUT2D eigenvalue weighted by Crippen LogP contribution is -1.84. The zero-order valence-electron chi connectivity index (χ0n) is 11.2. The Morgan fingerprint density at radius 2 is 1.70 bits per heavy atom. The standard InChI is InChI=1S/C16H13BrN2O/c1-10-6-11(2)8-13(7-10)16-18-15(19-20-16)12-4-3-5-14(17)9-12/h3-9H,1-2H3. The van der Waals surface area contributed by atoms with E-state index >= 15 is 0 Å². The minimum absolute atomic E-state index is 0.548. The van der Waals surface area contributed by atoms with Gasteiger partial charge in [0.05, 0.1) is 0 Å². The van der Waals surface area contributed by atoms with Gasteiger partial charge in [-0.1, -0.05) is 50.4 Å². The van der Waals surface area contributed by atoms with Gasteiger partial charge in [-0.25, -0.2) is 0 Å². The van der Waals surface area contributed by atoms with Gasteiger partial charge in [-0.3, -0.25) is 0 Å². The highest BCUT2D eigenvalue weighted by atomic mass is 79.9. The maximum atomic E-state index is 5.38. The van der Waals surface area contributed by atoms with Crippen molar-refractivity contribution in [3.8, 4) is 22.8 Å². The molecule has 0 bridgehead atoms. The Morgan fingerprint density at radius 1 is 0.950 bits per heavy atom. The molecule has 0 amide bonds. The van der Waals surface area contributed by atoms with Crippen molar-refractivity contribution in [1.82, 2.24) is 10.1 Å². The molecule has 3 rings (SSSR count). The first-order valence-corrected chi connectivity index (χ1v) is 7.09. The lowest BCUT2D eigenvalue weighted by Gasteiger charge is -1.99. The third-order valence-electron chi connectivity index (χ3n) is 2.98. The predicted molar refractivity (Wildman–Crippen MR) is 82.3 cm³/mol. The maximum absolute atomic E-state index is 5.38. The number of rotatable bonds is 2. The summed E-state index contributed by atoms with van der Waals surface area (Å²) < 4.78 is 6.37. The fraction of sp³-hybridized carbons (Fsp3) is 0.125. The van der Waals surface area contributed by atoms with Crippen LogP contribution in [0.3, 0.4) is 0 Å². The van der Waals surface area contributed by atoms with Gasteiger partial charge in [0.25, 0.3) is 5.89 Å². The van der Waals surface area contributed by atoms with Crippen LogP contribution in [0.1, 0.15) is 11.1 Å². The molecule has 1 heterocycles. The largest absolute Gasteiger partial charge is 0.334 e. The summed E-state index contributed by atoms with van der Waals surface area (Å²) in [5.74, 6) is 1.15. The molecule has 3 nitrogen and oxygen atoms in total. The molecule has 0 aliphatic carbocycles. The van der Waals surface area contributed by atoms with Gasteiger partial charge in [0, 0.05) is 15.6 Å². The molecular weight excluding hydrogens is 316 g/mol. The monoisotopic (exact) mass is 328 g/mol. The molecule has 20 heavy (non-hydrogen) atoms. The van der Waals surface area contributed by atoms with Crippen LogP contribution in [0.4, 0.5) is 0 Å². The van der Waals surface area contributed by atoms with Crippen LogP contribution in [-0.2, 0) is 0 Å². The van der Waals surface area contributed by atoms with E-state index in [9.17, 15) is 0 Å². The molecule has 0 saturated carbocycles. The van der Waals surface area contributed by atoms with Crippen LogP contribution < -0.4 is 0 Å². The van der Waals surface area contributed by atoms with Crippen LogP contribution in [0.2, 0.25) is 0 Å². The predicted octanol–water partition coefficient (Wildman–Crippen LogP) is 4.78. The number of nitrogens with zero attached hydrogens (tertiary/aromatic N) is 2. The van der Waals surface area contributed by atoms with Crippen molar-refractivity contribution in [3.63, 3.8) is 0 Å². The van der Waals surface area contributed by atoms with Crippen LogP contribution >= 0.6 is 15.9 Å². The molecule has 0 aliphatic heterocycles. The number of aromatic nitrogens is 2. The van der Waals surface area contributed by atoms with E-state index in [1.165, 1.54) is 11.1 Å². The second kappa shape index (κ2) is 5.21. The average Bonchev–Trinajstić information content (AvgIpc) is 2.87. The van der Waals surface area contributed by atoms with Gasteiger partial charge in [0.15, 0.2) is 0 Å². The van der Waals surface area contributed by atoms with Gasteiger partial charge in [-0.2, -0.15) is 4.98 Å². The fourth-order valence-corrected chi connectivity index (χ4v) is 2.58. The van der Waals surface area contributed by atoms with Crippen molar-refractivity contribution in [3.05, 3.63) is 58.1 Å². The van der Waals surface area contributed by atoms with Gasteiger partial charge < -0.3 is 4.52 Å². The molecule has 0 fully saturated rings. The SMILES string of the molecule is Cc1cc(C)cc(-c2nc(-c3cccc(Br)c3)no2)c1. The van der Waals surface area contributed by atoms with Crippen molar-refractivity contribution >= 4 is 15.9 Å². The van der Waals surface area contributed by atoms with Crippen LogP contribution in [0.25, 0.3) is 22.8 Å². The summed E-state index contributed by atoms with van der Waals surface area (Å²) in [6, 6.07) is 14.1. The van der Waals surface area contributed by atoms with Crippen molar-refractivity contribution in [1.29, 1.82) is 0 Å². The number of hydrogen-bond acceptors (Lipinski definition) is 3. The van der Waals surface area contributed by atoms with E-state index in [0.29, 0.717) is 11.7 Å². The smallest absolute Gasteiger partial charge is 0.258 e. The van der Waals surface area contributed by atoms with Crippen LogP contribution in [-0.4, -0.2) is 10.1 Å². The van der Waals surface area contributed by atoms with Gasteiger partial charge in [0.1, 0.15) is 0 Å². The summed E-state index contributed by atoms with van der Waals surface area (Å²) >= 11 is 3.44. The van der Waals surface area contributed by atoms with Crippen LogP contribution in [0, 0.1) is 13.8 Å². The third kappa shape index (κ3) is 2.65. The molecule has 0 saturated heterocycles. The van der Waals surface area contributed by atoms with Crippen LogP contribution in [0.5, 0.6) is 0 Å². The third-order valence-corrected chi connectivity index (χ3v) is 3.47. The average molecular weight is 329 g/mol. The molecule has 100 valence electrons. The fourth-order valence-electron chi connectivity index (χ4n) is 2.18. The van der Waals surface area contributed by atoms with Gasteiger partial charge in [-0.05, 0) is 38.1 Å². The summed E-state index contributed by atoms with van der Waals surface area (Å²) in [6.45, 7) is 4.12. The van der Waals surface area contributed by atoms with Gasteiger partial charge >= 0.3 is 0 Å². The summed E-state index contributed by atoms with van der Waals surface area (Å²) in [5.41, 5.74) is 4.25. The second-order valence-corrected chi connectivity index (χ2v) is 5.73. The molecule has 4 heteroatoms. The lowest BCUT2D eigenvalue weighted by molar-refractivity contribution is 0.432. The Balaban J connectivity index is 2.02. The van der Waals surface area contributed by atoms with E-state index < -0.39 is 0 Å². The zero-order chi connectivity index (χ0) is 14.1. The first kappa shape index (κ1) is 13.1. The van der Waals surface area contributed by atoms with Gasteiger partial charge in [-0.15, -0.1) is 0 Å². The molecule has 0 atom stereocenters. The van der Waals surface area contributed by atoms with Gasteiger partial charge in [0.2, 0.25) is 5.82 Å². The minimum atomic E-state index is 0.548. The van der Waals surface area contributed by atoms with Crippen molar-refractivity contribution in [2.75, 3.05) is 0 Å². The Hall–Kier alpha value is -1.94. The van der Waals surface area contributed by atoms with E-state index in [2.05, 4.69) is 46.0 Å². The maximum Gasteiger partial charge on any atom is 0.258 e. The zero-order valence-corrected chi connectivity index (χ0v) is 12.8.